The van der Waals surface area contributed by atoms with E-state index in [1.165, 1.54) is 0 Å². The molecule has 2 aromatic heterocycles. The third kappa shape index (κ3) is 4.14. The zero-order chi connectivity index (χ0) is 22.3. The zero-order valence-corrected chi connectivity index (χ0v) is 20.0. The van der Waals surface area contributed by atoms with Gasteiger partial charge in [0.1, 0.15) is 0 Å². The van der Waals surface area contributed by atoms with Crippen molar-refractivity contribution in [2.24, 2.45) is 11.3 Å². The number of imidazole rings is 1. The van der Waals surface area contributed by atoms with Crippen LogP contribution in [0.15, 0.2) is 17.9 Å². The Bertz CT molecular complexity index is 965. The number of rotatable bonds is 6. The van der Waals surface area contributed by atoms with Crippen molar-refractivity contribution in [1.29, 1.82) is 0 Å². The van der Waals surface area contributed by atoms with Crippen molar-refractivity contribution in [1.82, 2.24) is 24.3 Å². The minimum atomic E-state index is -0.589. The Morgan fingerprint density at radius 1 is 1.32 bits per heavy atom. The van der Waals surface area contributed by atoms with Gasteiger partial charge in [-0.15, -0.1) is 11.3 Å². The second kappa shape index (κ2) is 8.37. The number of likely N-dealkylation sites (tertiary alicyclic amines) is 2. The highest BCUT2D eigenvalue weighted by molar-refractivity contribution is 7.09. The summed E-state index contributed by atoms with van der Waals surface area (Å²) >= 11 is 1.61. The molecule has 2 aromatic rings. The summed E-state index contributed by atoms with van der Waals surface area (Å²) < 4.78 is 2.08. The minimum Gasteiger partial charge on any atom is -0.341 e. The van der Waals surface area contributed by atoms with Crippen LogP contribution in [0.1, 0.15) is 68.9 Å². The molecule has 2 saturated heterocycles. The van der Waals surface area contributed by atoms with Gasteiger partial charge in [-0.05, 0) is 33.1 Å². The number of amides is 2. The van der Waals surface area contributed by atoms with Gasteiger partial charge in [-0.3, -0.25) is 9.59 Å². The first-order chi connectivity index (χ1) is 14.7. The molecule has 168 valence electrons. The second-order valence-corrected chi connectivity index (χ2v) is 10.8. The van der Waals surface area contributed by atoms with Gasteiger partial charge in [0.2, 0.25) is 11.8 Å². The molecule has 2 unspecified atom stereocenters. The van der Waals surface area contributed by atoms with Crippen molar-refractivity contribution >= 4 is 23.2 Å². The van der Waals surface area contributed by atoms with Gasteiger partial charge in [-0.25, -0.2) is 9.97 Å². The van der Waals surface area contributed by atoms with Crippen molar-refractivity contribution in [3.63, 3.8) is 0 Å². The van der Waals surface area contributed by atoms with E-state index in [0.29, 0.717) is 44.6 Å². The van der Waals surface area contributed by atoms with Gasteiger partial charge in [0.05, 0.1) is 34.7 Å². The van der Waals surface area contributed by atoms with Gasteiger partial charge >= 0.3 is 0 Å². The molecule has 0 radical (unpaired) electrons. The summed E-state index contributed by atoms with van der Waals surface area (Å²) in [5, 5.41) is 3.04. The van der Waals surface area contributed by atoms with Crippen LogP contribution in [0.5, 0.6) is 0 Å². The molecule has 2 aliphatic heterocycles. The quantitative estimate of drug-likeness (QED) is 0.684. The SMILES string of the molecule is Cc1nc(CN2CCC3(CN(C(=O)CC(C)C)CC3c3cn(C(C)C)cn3)C2=O)cs1. The van der Waals surface area contributed by atoms with E-state index in [2.05, 4.69) is 48.4 Å². The number of thiazole rings is 1. The average Bonchev–Trinajstić information content (AvgIpc) is 3.46. The molecule has 4 rings (SSSR count). The highest BCUT2D eigenvalue weighted by Crippen LogP contribution is 2.50. The fourth-order valence-corrected chi connectivity index (χ4v) is 5.53. The standard InChI is InChI=1S/C23H33N5O2S/c1-15(2)8-21(29)27-10-19(20-11-28(14-24-20)16(3)4)23(13-27)6-7-26(22(23)30)9-18-12-31-17(5)25-18/h11-12,14-16,19H,6-10,13H2,1-5H3. The Hall–Kier alpha value is -2.22. The summed E-state index contributed by atoms with van der Waals surface area (Å²) in [4.78, 5) is 39.8. The third-order valence-electron chi connectivity index (χ3n) is 6.61. The van der Waals surface area contributed by atoms with E-state index in [9.17, 15) is 9.59 Å². The average molecular weight is 444 g/mol. The maximum absolute atomic E-state index is 13.8. The van der Waals surface area contributed by atoms with Crippen LogP contribution in [-0.2, 0) is 16.1 Å². The number of nitrogens with zero attached hydrogens (tertiary/aromatic N) is 5. The summed E-state index contributed by atoms with van der Waals surface area (Å²) in [5.74, 6) is 0.508. The number of carbonyl (C=O) groups excluding carboxylic acids is 2. The van der Waals surface area contributed by atoms with E-state index < -0.39 is 5.41 Å². The molecule has 0 aliphatic carbocycles. The Morgan fingerprint density at radius 2 is 2.10 bits per heavy atom. The summed E-state index contributed by atoms with van der Waals surface area (Å²) in [6.45, 7) is 12.6. The van der Waals surface area contributed by atoms with Gasteiger partial charge in [0.15, 0.2) is 0 Å². The first kappa shape index (κ1) is 22.0. The van der Waals surface area contributed by atoms with E-state index in [1.807, 2.05) is 28.4 Å². The van der Waals surface area contributed by atoms with Gasteiger partial charge in [0, 0.05) is 49.6 Å². The lowest BCUT2D eigenvalue weighted by Gasteiger charge is -2.27. The van der Waals surface area contributed by atoms with Crippen molar-refractivity contribution in [3.05, 3.63) is 34.3 Å². The number of aromatic nitrogens is 3. The second-order valence-electron chi connectivity index (χ2n) is 9.76. The van der Waals surface area contributed by atoms with Crippen molar-refractivity contribution < 1.29 is 9.59 Å². The minimum absolute atomic E-state index is 0.0710. The van der Waals surface area contributed by atoms with E-state index in [4.69, 9.17) is 0 Å². The van der Waals surface area contributed by atoms with Crippen LogP contribution in [-0.4, -0.2) is 55.8 Å². The molecule has 1 spiro atoms. The molecule has 2 atom stereocenters. The maximum Gasteiger partial charge on any atom is 0.231 e. The van der Waals surface area contributed by atoms with Crippen LogP contribution in [0.2, 0.25) is 0 Å². The number of aryl methyl sites for hydroxylation is 1. The first-order valence-electron chi connectivity index (χ1n) is 11.2. The molecule has 2 amide bonds. The monoisotopic (exact) mass is 443 g/mol. The highest BCUT2D eigenvalue weighted by Gasteiger charge is 2.58. The molecular weight excluding hydrogens is 410 g/mol. The van der Waals surface area contributed by atoms with Crippen molar-refractivity contribution in [3.8, 4) is 0 Å². The molecule has 8 heteroatoms. The van der Waals surface area contributed by atoms with E-state index in [-0.39, 0.29) is 17.7 Å². The summed E-state index contributed by atoms with van der Waals surface area (Å²) in [6, 6.07) is 0.306. The fourth-order valence-electron chi connectivity index (χ4n) is 4.93. The third-order valence-corrected chi connectivity index (χ3v) is 7.44. The van der Waals surface area contributed by atoms with Crippen LogP contribution < -0.4 is 0 Å². The number of hydrogen-bond acceptors (Lipinski definition) is 5. The molecule has 31 heavy (non-hydrogen) atoms. The fraction of sp³-hybridized carbons (Fsp3) is 0.652. The maximum atomic E-state index is 13.8. The predicted molar refractivity (Wildman–Crippen MR) is 121 cm³/mol. The van der Waals surface area contributed by atoms with Crippen LogP contribution in [0, 0.1) is 18.3 Å². The van der Waals surface area contributed by atoms with Gasteiger partial charge in [0.25, 0.3) is 0 Å². The lowest BCUT2D eigenvalue weighted by Crippen LogP contribution is -2.40. The first-order valence-corrected chi connectivity index (χ1v) is 12.1. The van der Waals surface area contributed by atoms with Crippen molar-refractivity contribution in [2.45, 2.75) is 66.0 Å². The largest absolute Gasteiger partial charge is 0.341 e. The van der Waals surface area contributed by atoms with Crippen LogP contribution in [0.3, 0.4) is 0 Å². The van der Waals surface area contributed by atoms with Gasteiger partial charge in [-0.1, -0.05) is 13.8 Å². The van der Waals surface area contributed by atoms with Crippen LogP contribution in [0.25, 0.3) is 0 Å². The molecule has 0 aromatic carbocycles. The van der Waals surface area contributed by atoms with E-state index in [1.54, 1.807) is 11.3 Å². The zero-order valence-electron chi connectivity index (χ0n) is 19.2. The number of carbonyl (C=O) groups is 2. The Kier molecular flexibility index (Phi) is 5.94. The topological polar surface area (TPSA) is 71.3 Å². The lowest BCUT2D eigenvalue weighted by atomic mass is 9.75. The van der Waals surface area contributed by atoms with Crippen molar-refractivity contribution in [2.75, 3.05) is 19.6 Å². The van der Waals surface area contributed by atoms with Gasteiger partial charge in [-0.2, -0.15) is 0 Å². The Morgan fingerprint density at radius 3 is 2.71 bits per heavy atom. The predicted octanol–water partition coefficient (Wildman–Crippen LogP) is 3.62. The molecule has 2 aliphatic rings. The molecule has 0 N–H and O–H groups in total. The Labute approximate surface area is 188 Å². The summed E-state index contributed by atoms with van der Waals surface area (Å²) in [6.07, 6.45) is 5.17. The van der Waals surface area contributed by atoms with E-state index in [0.717, 1.165) is 22.8 Å². The van der Waals surface area contributed by atoms with E-state index >= 15 is 0 Å². The molecule has 2 fully saturated rings. The number of hydrogen-bond donors (Lipinski definition) is 0. The molecule has 0 saturated carbocycles. The Balaban J connectivity index is 1.62. The molecular formula is C23H33N5O2S. The molecule has 0 bridgehead atoms. The molecule has 7 nitrogen and oxygen atoms in total. The lowest BCUT2D eigenvalue weighted by molar-refractivity contribution is -0.137. The summed E-state index contributed by atoms with van der Waals surface area (Å²) in [7, 11) is 0. The highest BCUT2D eigenvalue weighted by atomic mass is 32.1. The van der Waals surface area contributed by atoms with Gasteiger partial charge < -0.3 is 14.4 Å². The summed E-state index contributed by atoms with van der Waals surface area (Å²) in [5.41, 5.74) is 1.28. The van der Waals surface area contributed by atoms with Crippen LogP contribution >= 0.6 is 11.3 Å². The normalized spacial score (nSPS) is 23.8. The van der Waals surface area contributed by atoms with Crippen LogP contribution in [0.4, 0.5) is 0 Å². The molecule has 4 heterocycles. The smallest absolute Gasteiger partial charge is 0.231 e.